The van der Waals surface area contributed by atoms with Crippen molar-refractivity contribution in [2.75, 3.05) is 46.6 Å². The zero-order valence-electron chi connectivity index (χ0n) is 19.7. The van der Waals surface area contributed by atoms with Gasteiger partial charge in [-0.15, -0.1) is 0 Å². The summed E-state index contributed by atoms with van der Waals surface area (Å²) in [5, 5.41) is 4.41. The number of nitrogens with zero attached hydrogens (tertiary/aromatic N) is 1. The molecule has 1 aliphatic heterocycles. The van der Waals surface area contributed by atoms with Gasteiger partial charge in [0.1, 0.15) is 23.8 Å². The van der Waals surface area contributed by atoms with E-state index in [0.717, 1.165) is 41.2 Å². The van der Waals surface area contributed by atoms with Crippen molar-refractivity contribution in [2.45, 2.75) is 37.4 Å². The Hall–Kier alpha value is -2.64. The summed E-state index contributed by atoms with van der Waals surface area (Å²) in [7, 11) is 1.67. The number of H-pyrrole nitrogens is 1. The van der Waals surface area contributed by atoms with E-state index in [-0.39, 0.29) is 12.7 Å². The fourth-order valence-corrected chi connectivity index (χ4v) is 5.04. The maximum absolute atomic E-state index is 15.0. The summed E-state index contributed by atoms with van der Waals surface area (Å²) < 4.78 is 39.0. The van der Waals surface area contributed by atoms with Gasteiger partial charge in [-0.1, -0.05) is 18.2 Å². The van der Waals surface area contributed by atoms with E-state index in [1.807, 2.05) is 24.3 Å². The Morgan fingerprint density at radius 1 is 1.18 bits per heavy atom. The number of hydrogen-bond donors (Lipinski definition) is 2. The summed E-state index contributed by atoms with van der Waals surface area (Å²) >= 11 is 0. The standard InChI is InChI=1S/C27H33F2N3O2/c1-33-24-8-7-19(34-16-14-30-13-4-12-28)17-22(24)26-25-21(20-5-2-3-6-23(20)31-25)9-15-32(26)18-27(29)10-11-27/h2-3,5-8,17,26,30-31H,4,9-16,18H2,1H3. The topological polar surface area (TPSA) is 49.5 Å². The van der Waals surface area contributed by atoms with Crippen LogP contribution in [0.3, 0.4) is 0 Å². The minimum Gasteiger partial charge on any atom is -0.496 e. The molecule has 2 aromatic carbocycles. The van der Waals surface area contributed by atoms with E-state index in [0.29, 0.717) is 45.5 Å². The molecule has 0 radical (unpaired) electrons. The first kappa shape index (κ1) is 23.1. The van der Waals surface area contributed by atoms with Gasteiger partial charge in [0, 0.05) is 41.8 Å². The van der Waals surface area contributed by atoms with Crippen LogP contribution in [-0.4, -0.2) is 62.1 Å². The summed E-state index contributed by atoms with van der Waals surface area (Å²) in [6, 6.07) is 14.1. The number of nitrogens with one attached hydrogen (secondary N) is 2. The molecule has 1 saturated carbocycles. The molecule has 5 nitrogen and oxygen atoms in total. The maximum atomic E-state index is 15.0. The van der Waals surface area contributed by atoms with Crippen LogP contribution in [0.5, 0.6) is 11.5 Å². The molecule has 1 unspecified atom stereocenters. The van der Waals surface area contributed by atoms with Crippen LogP contribution in [0.15, 0.2) is 42.5 Å². The zero-order valence-corrected chi connectivity index (χ0v) is 19.7. The molecule has 1 atom stereocenters. The number of fused-ring (bicyclic) bond motifs is 3. The lowest BCUT2D eigenvalue weighted by Gasteiger charge is -2.37. The number of benzene rings is 2. The maximum Gasteiger partial charge on any atom is 0.124 e. The Morgan fingerprint density at radius 2 is 2.03 bits per heavy atom. The molecule has 1 aromatic heterocycles. The molecule has 1 aliphatic carbocycles. The number of para-hydroxylation sites is 1. The molecule has 182 valence electrons. The highest BCUT2D eigenvalue weighted by atomic mass is 19.1. The quantitative estimate of drug-likeness (QED) is 0.390. The normalized spacial score (nSPS) is 19.2. The van der Waals surface area contributed by atoms with Crippen LogP contribution >= 0.6 is 0 Å². The van der Waals surface area contributed by atoms with Gasteiger partial charge in [-0.2, -0.15) is 0 Å². The van der Waals surface area contributed by atoms with Crippen molar-refractivity contribution in [3.8, 4) is 11.5 Å². The molecule has 5 rings (SSSR count). The average Bonchev–Trinajstić information content (AvgIpc) is 3.45. The van der Waals surface area contributed by atoms with Gasteiger partial charge in [0.2, 0.25) is 0 Å². The van der Waals surface area contributed by atoms with Crippen LogP contribution in [0.2, 0.25) is 0 Å². The monoisotopic (exact) mass is 469 g/mol. The Bertz CT molecular complexity index is 1130. The molecule has 1 fully saturated rings. The van der Waals surface area contributed by atoms with Gasteiger partial charge in [0.05, 0.1) is 19.8 Å². The molecular weight excluding hydrogens is 436 g/mol. The first-order chi connectivity index (χ1) is 16.6. The fourth-order valence-electron chi connectivity index (χ4n) is 5.04. The second-order valence-corrected chi connectivity index (χ2v) is 9.38. The van der Waals surface area contributed by atoms with E-state index in [9.17, 15) is 8.78 Å². The van der Waals surface area contributed by atoms with Gasteiger partial charge in [-0.3, -0.25) is 9.29 Å². The van der Waals surface area contributed by atoms with Crippen molar-refractivity contribution >= 4 is 10.9 Å². The lowest BCUT2D eigenvalue weighted by molar-refractivity contribution is 0.137. The van der Waals surface area contributed by atoms with Crippen LogP contribution in [0.25, 0.3) is 10.9 Å². The second-order valence-electron chi connectivity index (χ2n) is 9.38. The summed E-state index contributed by atoms with van der Waals surface area (Å²) in [6.07, 6.45) is 2.65. The minimum absolute atomic E-state index is 0.148. The van der Waals surface area contributed by atoms with E-state index in [4.69, 9.17) is 9.47 Å². The van der Waals surface area contributed by atoms with E-state index < -0.39 is 5.67 Å². The number of aromatic nitrogens is 1. The van der Waals surface area contributed by atoms with Crippen LogP contribution in [0, 0.1) is 0 Å². The van der Waals surface area contributed by atoms with Crippen molar-refractivity contribution in [1.82, 2.24) is 15.2 Å². The minimum atomic E-state index is -1.09. The molecule has 34 heavy (non-hydrogen) atoms. The average molecular weight is 470 g/mol. The molecular formula is C27H33F2N3O2. The predicted octanol–water partition coefficient (Wildman–Crippen LogP) is 4.95. The SMILES string of the molecule is COc1ccc(OCCNCCCF)cc1C1c2[nH]c3ccccc3c2CCN1CC1(F)CC1. The number of methoxy groups -OCH3 is 1. The highest BCUT2D eigenvalue weighted by Gasteiger charge is 2.47. The van der Waals surface area contributed by atoms with Gasteiger partial charge < -0.3 is 19.8 Å². The summed E-state index contributed by atoms with van der Waals surface area (Å²) in [5.41, 5.74) is 3.40. The van der Waals surface area contributed by atoms with Crippen molar-refractivity contribution in [3.05, 3.63) is 59.3 Å². The smallest absolute Gasteiger partial charge is 0.124 e. The number of ether oxygens (including phenoxy) is 2. The molecule has 3 aromatic rings. The van der Waals surface area contributed by atoms with Gasteiger partial charge in [0.25, 0.3) is 0 Å². The van der Waals surface area contributed by atoms with Crippen LogP contribution in [0.1, 0.15) is 42.1 Å². The van der Waals surface area contributed by atoms with Crippen molar-refractivity contribution < 1.29 is 18.3 Å². The van der Waals surface area contributed by atoms with Gasteiger partial charge in [-0.05, 0) is 62.1 Å². The van der Waals surface area contributed by atoms with Crippen molar-refractivity contribution in [2.24, 2.45) is 0 Å². The molecule has 2 aliphatic rings. The lowest BCUT2D eigenvalue weighted by atomic mass is 9.91. The van der Waals surface area contributed by atoms with Crippen molar-refractivity contribution in [3.63, 3.8) is 0 Å². The first-order valence-electron chi connectivity index (χ1n) is 12.2. The lowest BCUT2D eigenvalue weighted by Crippen LogP contribution is -2.40. The third-order valence-corrected chi connectivity index (χ3v) is 6.94. The van der Waals surface area contributed by atoms with Crippen LogP contribution < -0.4 is 14.8 Å². The molecule has 0 amide bonds. The first-order valence-corrected chi connectivity index (χ1v) is 12.2. The summed E-state index contributed by atoms with van der Waals surface area (Å²) in [4.78, 5) is 5.90. The van der Waals surface area contributed by atoms with Crippen LogP contribution in [0.4, 0.5) is 8.78 Å². The summed E-state index contributed by atoms with van der Waals surface area (Å²) in [5.74, 6) is 1.51. The van der Waals surface area contributed by atoms with E-state index in [1.165, 1.54) is 10.9 Å². The van der Waals surface area contributed by atoms with Crippen LogP contribution in [-0.2, 0) is 6.42 Å². The van der Waals surface area contributed by atoms with E-state index in [1.54, 1.807) is 7.11 Å². The second kappa shape index (κ2) is 9.92. The predicted molar refractivity (Wildman–Crippen MR) is 130 cm³/mol. The number of rotatable bonds is 11. The molecule has 0 saturated heterocycles. The zero-order chi connectivity index (χ0) is 23.5. The van der Waals surface area contributed by atoms with Gasteiger partial charge in [-0.25, -0.2) is 4.39 Å². The fraction of sp³-hybridized carbons (Fsp3) is 0.481. The number of aromatic amines is 1. The molecule has 2 heterocycles. The Morgan fingerprint density at radius 3 is 2.82 bits per heavy atom. The molecule has 0 spiro atoms. The van der Waals surface area contributed by atoms with Gasteiger partial charge in [0.15, 0.2) is 0 Å². The Balaban J connectivity index is 1.47. The number of hydrogen-bond acceptors (Lipinski definition) is 4. The molecule has 2 N–H and O–H groups in total. The Labute approximate surface area is 199 Å². The molecule has 7 heteroatoms. The highest BCUT2D eigenvalue weighted by molar-refractivity contribution is 5.85. The third kappa shape index (κ3) is 4.77. The van der Waals surface area contributed by atoms with E-state index in [2.05, 4.69) is 33.4 Å². The highest BCUT2D eigenvalue weighted by Crippen LogP contribution is 2.47. The number of alkyl halides is 2. The summed E-state index contributed by atoms with van der Waals surface area (Å²) in [6.45, 7) is 2.66. The number of halogens is 2. The molecule has 0 bridgehead atoms. The third-order valence-electron chi connectivity index (χ3n) is 6.94. The van der Waals surface area contributed by atoms with Gasteiger partial charge >= 0.3 is 0 Å². The van der Waals surface area contributed by atoms with E-state index >= 15 is 0 Å². The van der Waals surface area contributed by atoms with Crippen molar-refractivity contribution in [1.29, 1.82) is 0 Å². The largest absolute Gasteiger partial charge is 0.496 e. The Kier molecular flexibility index (Phi) is 6.75.